The number of fused-ring (bicyclic) bond motifs is 1. The predicted octanol–water partition coefficient (Wildman–Crippen LogP) is 2.10. The lowest BCUT2D eigenvalue weighted by Crippen LogP contribution is -2.50. The third-order valence-corrected chi connectivity index (χ3v) is 5.55. The zero-order valence-electron chi connectivity index (χ0n) is 15.4. The van der Waals surface area contributed by atoms with Crippen LogP contribution in [0.15, 0.2) is 48.5 Å². The molecule has 27 heavy (non-hydrogen) atoms. The molecule has 0 fully saturated rings. The molecule has 1 N–H and O–H groups in total. The van der Waals surface area contributed by atoms with Gasteiger partial charge < -0.3 is 14.8 Å². The van der Waals surface area contributed by atoms with E-state index in [1.54, 1.807) is 31.4 Å². The maximum Gasteiger partial charge on any atom is 0.263 e. The van der Waals surface area contributed by atoms with Crippen molar-refractivity contribution in [1.29, 1.82) is 0 Å². The van der Waals surface area contributed by atoms with Crippen LogP contribution in [0.2, 0.25) is 0 Å². The summed E-state index contributed by atoms with van der Waals surface area (Å²) in [6.45, 7) is 1.78. The molecule has 144 valence electrons. The van der Waals surface area contributed by atoms with E-state index >= 15 is 0 Å². The molecule has 1 heterocycles. The number of hydrogen-bond acceptors (Lipinski definition) is 5. The molecule has 1 aliphatic heterocycles. The monoisotopic (exact) mass is 390 g/mol. The van der Waals surface area contributed by atoms with Gasteiger partial charge in [0.05, 0.1) is 31.6 Å². The second-order valence-electron chi connectivity index (χ2n) is 6.37. The van der Waals surface area contributed by atoms with E-state index in [1.165, 1.54) is 4.31 Å². The van der Waals surface area contributed by atoms with Crippen molar-refractivity contribution in [3.63, 3.8) is 0 Å². The van der Waals surface area contributed by atoms with Crippen molar-refractivity contribution in [1.82, 2.24) is 5.32 Å². The first-order chi connectivity index (χ1) is 12.8. The molecule has 8 heteroatoms. The first-order valence-electron chi connectivity index (χ1n) is 8.47. The number of anilines is 1. The van der Waals surface area contributed by atoms with E-state index in [-0.39, 0.29) is 18.5 Å². The third-order valence-electron chi connectivity index (χ3n) is 4.40. The van der Waals surface area contributed by atoms with Gasteiger partial charge in [0.15, 0.2) is 6.10 Å². The molecule has 2 aromatic rings. The molecule has 0 saturated heterocycles. The van der Waals surface area contributed by atoms with E-state index in [4.69, 9.17) is 9.47 Å². The number of ether oxygens (including phenoxy) is 2. The lowest BCUT2D eigenvalue weighted by molar-refractivity contribution is -0.128. The number of para-hydroxylation sites is 2. The number of carbonyl (C=O) groups is 1. The molecule has 2 aromatic carbocycles. The van der Waals surface area contributed by atoms with Crippen molar-refractivity contribution in [2.75, 3.05) is 24.2 Å². The van der Waals surface area contributed by atoms with Crippen molar-refractivity contribution >= 4 is 21.6 Å². The van der Waals surface area contributed by atoms with Gasteiger partial charge in [0.1, 0.15) is 11.5 Å². The summed E-state index contributed by atoms with van der Waals surface area (Å²) in [5, 5.41) is 2.88. The Morgan fingerprint density at radius 3 is 2.52 bits per heavy atom. The van der Waals surface area contributed by atoms with Gasteiger partial charge in [-0.3, -0.25) is 9.10 Å². The van der Waals surface area contributed by atoms with Crippen molar-refractivity contribution in [2.45, 2.75) is 19.1 Å². The minimum absolute atomic E-state index is 0.0724. The molecule has 1 aliphatic rings. The Morgan fingerprint density at radius 1 is 1.22 bits per heavy atom. The number of hydrogen-bond donors (Lipinski definition) is 1. The minimum atomic E-state index is -3.53. The van der Waals surface area contributed by atoms with Gasteiger partial charge in [-0.1, -0.05) is 24.3 Å². The fourth-order valence-electron chi connectivity index (χ4n) is 2.94. The number of methoxy groups -OCH3 is 1. The average Bonchev–Trinajstić information content (AvgIpc) is 2.66. The summed E-state index contributed by atoms with van der Waals surface area (Å²) >= 11 is 0. The Kier molecular flexibility index (Phi) is 5.27. The second kappa shape index (κ2) is 7.48. The van der Waals surface area contributed by atoms with Crippen molar-refractivity contribution in [3.05, 3.63) is 54.1 Å². The van der Waals surface area contributed by atoms with Crippen LogP contribution in [0.5, 0.6) is 11.5 Å². The van der Waals surface area contributed by atoms with Gasteiger partial charge >= 0.3 is 0 Å². The molecule has 0 unspecified atom stereocenters. The van der Waals surface area contributed by atoms with Crippen LogP contribution in [-0.2, 0) is 14.8 Å². The molecule has 2 atom stereocenters. The van der Waals surface area contributed by atoms with Gasteiger partial charge in [0.25, 0.3) is 5.91 Å². The Hall–Kier alpha value is -2.74. The number of nitrogens with zero attached hydrogens (tertiary/aromatic N) is 1. The van der Waals surface area contributed by atoms with E-state index in [1.807, 2.05) is 31.2 Å². The van der Waals surface area contributed by atoms with Crippen LogP contribution in [0.1, 0.15) is 18.5 Å². The average molecular weight is 390 g/mol. The highest BCUT2D eigenvalue weighted by Crippen LogP contribution is 2.34. The Labute approximate surface area is 158 Å². The number of nitrogens with one attached hydrogen (secondary N) is 1. The minimum Gasteiger partial charge on any atom is -0.497 e. The fraction of sp³-hybridized carbons (Fsp3) is 0.316. The summed E-state index contributed by atoms with van der Waals surface area (Å²) in [6.07, 6.45) is 0.180. The maximum atomic E-state index is 12.7. The third kappa shape index (κ3) is 4.16. The molecule has 0 radical (unpaired) electrons. The van der Waals surface area contributed by atoms with Gasteiger partial charge in [-0.25, -0.2) is 8.42 Å². The topological polar surface area (TPSA) is 84.9 Å². The highest BCUT2D eigenvalue weighted by Gasteiger charge is 2.35. The summed E-state index contributed by atoms with van der Waals surface area (Å²) < 4.78 is 36.4. The zero-order chi connectivity index (χ0) is 19.6. The largest absolute Gasteiger partial charge is 0.497 e. The van der Waals surface area contributed by atoms with Crippen LogP contribution in [0.25, 0.3) is 0 Å². The SMILES string of the molecule is COc1ccc([C@@H](C)NC(=O)[C@H]2CN(S(C)(=O)=O)c3ccccc3O2)cc1. The molecular weight excluding hydrogens is 368 g/mol. The van der Waals surface area contributed by atoms with Gasteiger partial charge in [-0.05, 0) is 36.8 Å². The Balaban J connectivity index is 1.76. The molecule has 0 saturated carbocycles. The number of amides is 1. The highest BCUT2D eigenvalue weighted by molar-refractivity contribution is 7.92. The second-order valence-corrected chi connectivity index (χ2v) is 8.28. The summed E-state index contributed by atoms with van der Waals surface area (Å²) in [4.78, 5) is 12.7. The first kappa shape index (κ1) is 19.0. The molecule has 0 bridgehead atoms. The Morgan fingerprint density at radius 2 is 1.89 bits per heavy atom. The van der Waals surface area contributed by atoms with E-state index in [0.29, 0.717) is 11.4 Å². The first-order valence-corrected chi connectivity index (χ1v) is 10.3. The van der Waals surface area contributed by atoms with Crippen molar-refractivity contribution < 1.29 is 22.7 Å². The normalized spacial score (nSPS) is 17.4. The van der Waals surface area contributed by atoms with E-state index in [9.17, 15) is 13.2 Å². The smallest absolute Gasteiger partial charge is 0.263 e. The van der Waals surface area contributed by atoms with Crippen LogP contribution in [0, 0.1) is 0 Å². The number of benzene rings is 2. The summed E-state index contributed by atoms with van der Waals surface area (Å²) in [6, 6.07) is 13.9. The zero-order valence-corrected chi connectivity index (χ0v) is 16.2. The molecule has 0 aliphatic carbocycles. The van der Waals surface area contributed by atoms with Crippen molar-refractivity contribution in [3.8, 4) is 11.5 Å². The van der Waals surface area contributed by atoms with Crippen LogP contribution >= 0.6 is 0 Å². The molecule has 0 aromatic heterocycles. The van der Waals surface area contributed by atoms with Gasteiger partial charge in [-0.15, -0.1) is 0 Å². The molecule has 7 nitrogen and oxygen atoms in total. The van der Waals surface area contributed by atoms with Crippen LogP contribution in [-0.4, -0.2) is 40.3 Å². The highest BCUT2D eigenvalue weighted by atomic mass is 32.2. The summed E-state index contributed by atoms with van der Waals surface area (Å²) in [7, 11) is -1.95. The van der Waals surface area contributed by atoms with Crippen molar-refractivity contribution in [2.24, 2.45) is 0 Å². The van der Waals surface area contributed by atoms with Crippen LogP contribution in [0.3, 0.4) is 0 Å². The van der Waals surface area contributed by atoms with E-state index < -0.39 is 16.1 Å². The molecule has 3 rings (SSSR count). The van der Waals surface area contributed by atoms with Gasteiger partial charge in [0.2, 0.25) is 10.0 Å². The molecule has 1 amide bonds. The lowest BCUT2D eigenvalue weighted by Gasteiger charge is -2.34. The van der Waals surface area contributed by atoms with E-state index in [0.717, 1.165) is 17.6 Å². The quantitative estimate of drug-likeness (QED) is 0.845. The number of sulfonamides is 1. The predicted molar refractivity (Wildman–Crippen MR) is 103 cm³/mol. The number of rotatable bonds is 5. The van der Waals surface area contributed by atoms with Crippen LogP contribution < -0.4 is 19.1 Å². The number of carbonyl (C=O) groups excluding carboxylic acids is 1. The summed E-state index contributed by atoms with van der Waals surface area (Å²) in [5.41, 5.74) is 1.34. The Bertz CT molecular complexity index is 927. The van der Waals surface area contributed by atoms with Crippen LogP contribution in [0.4, 0.5) is 5.69 Å². The molecular formula is C19H22N2O5S. The fourth-order valence-corrected chi connectivity index (χ4v) is 3.85. The standard InChI is InChI=1S/C19H22N2O5S/c1-13(14-8-10-15(25-2)11-9-14)20-19(22)18-12-21(27(3,23)24)16-6-4-5-7-17(16)26-18/h4-11,13,18H,12H2,1-3H3,(H,20,22)/t13-,18-/m1/s1. The van der Waals surface area contributed by atoms with E-state index in [2.05, 4.69) is 5.32 Å². The van der Waals surface area contributed by atoms with Gasteiger partial charge in [0, 0.05) is 0 Å². The maximum absolute atomic E-state index is 12.7. The summed E-state index contributed by atoms with van der Waals surface area (Å²) in [5.74, 6) is 0.723. The van der Waals surface area contributed by atoms with Gasteiger partial charge in [-0.2, -0.15) is 0 Å². The lowest BCUT2D eigenvalue weighted by atomic mass is 10.1. The molecule has 0 spiro atoms.